The van der Waals surface area contributed by atoms with E-state index >= 15 is 0 Å². The number of nitrogens with two attached hydrogens (primary N) is 2. The average molecular weight is 252 g/mol. The van der Waals surface area contributed by atoms with E-state index in [1.807, 2.05) is 13.8 Å². The minimum atomic E-state index is -0.453. The fourth-order valence-corrected chi connectivity index (χ4v) is 1.06. The Morgan fingerprint density at radius 1 is 0.765 bits per heavy atom. The summed E-state index contributed by atoms with van der Waals surface area (Å²) in [7, 11) is 0. The second-order valence-electron chi connectivity index (χ2n) is 3.83. The molecule has 0 rings (SSSR count). The largest absolute Gasteiger partial charge is 0.373 e. The van der Waals surface area contributed by atoms with E-state index in [9.17, 15) is 0 Å². The molecule has 0 aliphatic carbocycles. The third-order valence-electron chi connectivity index (χ3n) is 1.99. The van der Waals surface area contributed by atoms with Crippen LogP contribution in [0.4, 0.5) is 0 Å². The van der Waals surface area contributed by atoms with E-state index in [-0.39, 0.29) is 12.2 Å². The van der Waals surface area contributed by atoms with Gasteiger partial charge in [0.2, 0.25) is 0 Å². The van der Waals surface area contributed by atoms with Crippen LogP contribution >= 0.6 is 0 Å². The van der Waals surface area contributed by atoms with E-state index in [2.05, 4.69) is 9.68 Å². The highest BCUT2D eigenvalue weighted by Crippen LogP contribution is 2.02. The van der Waals surface area contributed by atoms with Gasteiger partial charge < -0.3 is 14.2 Å². The van der Waals surface area contributed by atoms with Crippen molar-refractivity contribution in [3.05, 3.63) is 0 Å². The van der Waals surface area contributed by atoms with Crippen LogP contribution in [0, 0.1) is 0 Å². The molecule has 0 aromatic rings. The molecule has 7 heteroatoms. The Hall–Kier alpha value is -0.280. The van der Waals surface area contributed by atoms with E-state index in [0.29, 0.717) is 13.2 Å². The Balaban J connectivity index is 3.58. The van der Waals surface area contributed by atoms with Crippen molar-refractivity contribution in [1.82, 2.24) is 0 Å². The maximum Gasteiger partial charge on any atom is 0.174 e. The van der Waals surface area contributed by atoms with Gasteiger partial charge in [-0.3, -0.25) is 9.68 Å². The van der Waals surface area contributed by atoms with E-state index in [1.165, 1.54) is 0 Å². The van der Waals surface area contributed by atoms with Crippen molar-refractivity contribution in [2.24, 2.45) is 11.8 Å². The predicted octanol–water partition coefficient (Wildman–Crippen LogP) is 0.286. The summed E-state index contributed by atoms with van der Waals surface area (Å²) < 4.78 is 16.1. The van der Waals surface area contributed by atoms with Gasteiger partial charge in [0.25, 0.3) is 0 Å². The van der Waals surface area contributed by atoms with Crippen LogP contribution in [0.25, 0.3) is 0 Å². The molecule has 104 valence electrons. The lowest BCUT2D eigenvalue weighted by molar-refractivity contribution is -0.183. The average Bonchev–Trinajstić information content (AvgIpc) is 2.32. The second kappa shape index (κ2) is 9.72. The molecule has 0 spiro atoms. The Labute approximate surface area is 102 Å². The summed E-state index contributed by atoms with van der Waals surface area (Å²) >= 11 is 0. The first-order valence-electron chi connectivity index (χ1n) is 5.59. The lowest BCUT2D eigenvalue weighted by Gasteiger charge is -2.20. The molecule has 17 heavy (non-hydrogen) atoms. The first-order valence-corrected chi connectivity index (χ1v) is 5.59. The maximum atomic E-state index is 5.50. The molecule has 4 atom stereocenters. The van der Waals surface area contributed by atoms with Crippen LogP contribution in [0.15, 0.2) is 0 Å². The molecule has 7 nitrogen and oxygen atoms in total. The molecule has 0 aromatic heterocycles. The minimum Gasteiger partial charge on any atom is -0.373 e. The van der Waals surface area contributed by atoms with E-state index < -0.39 is 12.6 Å². The fraction of sp³-hybridized carbons (Fsp3) is 1.00. The van der Waals surface area contributed by atoms with Crippen molar-refractivity contribution in [2.75, 3.05) is 13.2 Å². The van der Waals surface area contributed by atoms with Crippen LogP contribution in [0.2, 0.25) is 0 Å². The van der Waals surface area contributed by atoms with Crippen molar-refractivity contribution in [3.63, 3.8) is 0 Å². The fourth-order valence-electron chi connectivity index (χ4n) is 1.06. The molecule has 0 heterocycles. The molecule has 0 aromatic carbocycles. The summed E-state index contributed by atoms with van der Waals surface area (Å²) in [4.78, 5) is 8.95. The summed E-state index contributed by atoms with van der Waals surface area (Å²) in [6.45, 7) is 8.00. The van der Waals surface area contributed by atoms with E-state index in [4.69, 9.17) is 26.0 Å². The molecule has 4 N–H and O–H groups in total. The number of ether oxygens (including phenoxy) is 3. The van der Waals surface area contributed by atoms with Crippen LogP contribution in [0.5, 0.6) is 0 Å². The first-order chi connectivity index (χ1) is 7.99. The van der Waals surface area contributed by atoms with Crippen molar-refractivity contribution in [2.45, 2.75) is 52.5 Å². The van der Waals surface area contributed by atoms with E-state index in [1.54, 1.807) is 13.8 Å². The SMILES string of the molecule is CC(COC(C)ON)OCC(C)OC(C)ON. The van der Waals surface area contributed by atoms with Crippen LogP contribution in [0.1, 0.15) is 27.7 Å². The molecule has 0 radical (unpaired) electrons. The van der Waals surface area contributed by atoms with Crippen LogP contribution in [0.3, 0.4) is 0 Å². The van der Waals surface area contributed by atoms with Gasteiger partial charge in [0.05, 0.1) is 25.4 Å². The zero-order valence-corrected chi connectivity index (χ0v) is 10.9. The van der Waals surface area contributed by atoms with Crippen molar-refractivity contribution in [1.29, 1.82) is 0 Å². The molecule has 0 fully saturated rings. The second-order valence-corrected chi connectivity index (χ2v) is 3.83. The Morgan fingerprint density at radius 2 is 1.29 bits per heavy atom. The zero-order chi connectivity index (χ0) is 13.3. The topological polar surface area (TPSA) is 98.2 Å². The van der Waals surface area contributed by atoms with Gasteiger partial charge in [0.1, 0.15) is 0 Å². The van der Waals surface area contributed by atoms with Crippen LogP contribution in [-0.2, 0) is 23.9 Å². The molecule has 0 aliphatic rings. The third kappa shape index (κ3) is 9.42. The van der Waals surface area contributed by atoms with Crippen molar-refractivity contribution < 1.29 is 23.9 Å². The van der Waals surface area contributed by atoms with Gasteiger partial charge >= 0.3 is 0 Å². The normalized spacial score (nSPS) is 18.7. The predicted molar refractivity (Wildman–Crippen MR) is 61.4 cm³/mol. The summed E-state index contributed by atoms with van der Waals surface area (Å²) in [5, 5.41) is 0. The Morgan fingerprint density at radius 3 is 1.82 bits per heavy atom. The molecule has 0 saturated carbocycles. The quantitative estimate of drug-likeness (QED) is 0.426. The third-order valence-corrected chi connectivity index (χ3v) is 1.99. The first kappa shape index (κ1) is 16.7. The molecular weight excluding hydrogens is 228 g/mol. The van der Waals surface area contributed by atoms with Crippen LogP contribution < -0.4 is 11.8 Å². The molecular formula is C10H24N2O5. The van der Waals surface area contributed by atoms with Gasteiger partial charge in [-0.25, -0.2) is 11.8 Å². The van der Waals surface area contributed by atoms with Gasteiger partial charge in [0.15, 0.2) is 12.6 Å². The van der Waals surface area contributed by atoms with Gasteiger partial charge in [-0.1, -0.05) is 0 Å². The van der Waals surface area contributed by atoms with Crippen molar-refractivity contribution in [3.8, 4) is 0 Å². The van der Waals surface area contributed by atoms with Gasteiger partial charge in [-0.15, -0.1) is 0 Å². The Kier molecular flexibility index (Phi) is 9.56. The Bertz CT molecular complexity index is 184. The lowest BCUT2D eigenvalue weighted by Crippen LogP contribution is -2.29. The highest BCUT2D eigenvalue weighted by atomic mass is 16.8. The molecule has 4 unspecified atom stereocenters. The molecule has 0 amide bonds. The minimum absolute atomic E-state index is 0.0762. The number of hydrogen-bond acceptors (Lipinski definition) is 7. The van der Waals surface area contributed by atoms with Crippen LogP contribution in [-0.4, -0.2) is 38.0 Å². The highest BCUT2D eigenvalue weighted by molar-refractivity contribution is 4.53. The lowest BCUT2D eigenvalue weighted by atomic mass is 10.4. The summed E-state index contributed by atoms with van der Waals surface area (Å²) in [6.07, 6.45) is -1.09. The molecule has 0 saturated heterocycles. The van der Waals surface area contributed by atoms with Gasteiger partial charge in [-0.2, -0.15) is 0 Å². The smallest absolute Gasteiger partial charge is 0.174 e. The van der Waals surface area contributed by atoms with Gasteiger partial charge in [-0.05, 0) is 27.7 Å². The van der Waals surface area contributed by atoms with Crippen molar-refractivity contribution >= 4 is 0 Å². The van der Waals surface area contributed by atoms with E-state index in [0.717, 1.165) is 0 Å². The number of rotatable bonds is 10. The molecule has 0 aliphatic heterocycles. The zero-order valence-electron chi connectivity index (χ0n) is 10.9. The summed E-state index contributed by atoms with van der Waals surface area (Å²) in [5.41, 5.74) is 0. The summed E-state index contributed by atoms with van der Waals surface area (Å²) in [5.74, 6) is 9.90. The number of hydrogen-bond donors (Lipinski definition) is 2. The standard InChI is InChI=1S/C10H24N2O5/c1-7(5-14-9(3)16-11)13-6-8(2)15-10(4)17-12/h7-10H,5-6,11-12H2,1-4H3. The monoisotopic (exact) mass is 252 g/mol. The summed E-state index contributed by atoms with van der Waals surface area (Å²) in [6, 6.07) is 0. The molecule has 0 bridgehead atoms. The highest BCUT2D eigenvalue weighted by Gasteiger charge is 2.11. The van der Waals surface area contributed by atoms with Gasteiger partial charge in [0, 0.05) is 0 Å². The maximum absolute atomic E-state index is 5.50.